The highest BCUT2D eigenvalue weighted by molar-refractivity contribution is 7.18. The number of benzene rings is 2. The number of nitrogens with zero attached hydrogens (tertiary/aromatic N) is 2. The van der Waals surface area contributed by atoms with Crippen molar-refractivity contribution in [2.75, 3.05) is 12.4 Å². The van der Waals surface area contributed by atoms with Crippen LogP contribution >= 0.6 is 11.3 Å². The molecule has 156 valence electrons. The molecule has 2 N–H and O–H groups in total. The Kier molecular flexibility index (Phi) is 6.79. The minimum Gasteiger partial charge on any atom is -0.497 e. The summed E-state index contributed by atoms with van der Waals surface area (Å²) in [7, 11) is 1.60. The molecule has 0 fully saturated rings. The molecule has 0 bridgehead atoms. The van der Waals surface area contributed by atoms with Crippen LogP contribution in [0, 0.1) is 12.8 Å². The van der Waals surface area contributed by atoms with E-state index in [-0.39, 0.29) is 17.7 Å². The second-order valence-corrected chi connectivity index (χ2v) is 8.17. The van der Waals surface area contributed by atoms with Crippen LogP contribution in [0.5, 0.6) is 5.75 Å². The van der Waals surface area contributed by atoms with E-state index in [9.17, 15) is 9.59 Å². The van der Waals surface area contributed by atoms with Crippen molar-refractivity contribution in [3.63, 3.8) is 0 Å². The topological polar surface area (TPSA) is 93.2 Å². The highest BCUT2D eigenvalue weighted by Gasteiger charge is 2.25. The molecule has 7 nitrogen and oxygen atoms in total. The number of hydrogen-bond acceptors (Lipinski definition) is 6. The van der Waals surface area contributed by atoms with Crippen molar-refractivity contribution < 1.29 is 14.3 Å². The second kappa shape index (κ2) is 9.49. The van der Waals surface area contributed by atoms with E-state index < -0.39 is 6.04 Å². The molecule has 0 aliphatic heterocycles. The Morgan fingerprint density at radius 1 is 1.07 bits per heavy atom. The molecule has 0 spiro atoms. The van der Waals surface area contributed by atoms with Gasteiger partial charge in [-0.05, 0) is 37.1 Å². The van der Waals surface area contributed by atoms with Gasteiger partial charge in [-0.25, -0.2) is 0 Å². The van der Waals surface area contributed by atoms with E-state index in [1.165, 1.54) is 11.3 Å². The first-order valence-electron chi connectivity index (χ1n) is 9.53. The quantitative estimate of drug-likeness (QED) is 0.600. The SMILES string of the molecule is COc1cccc(-c2nnc(NC(=O)C(NC(=O)c3ccc(C)cc3)C(C)C)s2)c1. The summed E-state index contributed by atoms with van der Waals surface area (Å²) < 4.78 is 5.23. The first-order chi connectivity index (χ1) is 14.4. The predicted molar refractivity (Wildman–Crippen MR) is 118 cm³/mol. The fourth-order valence-corrected chi connectivity index (χ4v) is 3.54. The third-order valence-corrected chi connectivity index (χ3v) is 5.41. The number of methoxy groups -OCH3 is 1. The van der Waals surface area contributed by atoms with Crippen molar-refractivity contribution in [1.29, 1.82) is 0 Å². The standard InChI is InChI=1S/C22H24N4O3S/c1-13(2)18(23-19(27)15-10-8-14(3)9-11-15)20(28)24-22-26-25-21(30-22)16-6-5-7-17(12-16)29-4/h5-13,18H,1-4H3,(H,23,27)(H,24,26,28). The van der Waals surface area contributed by atoms with E-state index in [4.69, 9.17) is 4.74 Å². The zero-order chi connectivity index (χ0) is 21.7. The Morgan fingerprint density at radius 2 is 1.80 bits per heavy atom. The molecular formula is C22H24N4O3S. The lowest BCUT2D eigenvalue weighted by atomic mass is 10.0. The van der Waals surface area contributed by atoms with Crippen LogP contribution in [0.4, 0.5) is 5.13 Å². The monoisotopic (exact) mass is 424 g/mol. The third kappa shape index (κ3) is 5.21. The largest absolute Gasteiger partial charge is 0.497 e. The Balaban J connectivity index is 1.70. The summed E-state index contributed by atoms with van der Waals surface area (Å²) >= 11 is 1.26. The molecule has 2 amide bonds. The minimum atomic E-state index is -0.706. The van der Waals surface area contributed by atoms with E-state index in [2.05, 4.69) is 20.8 Å². The van der Waals surface area contributed by atoms with Gasteiger partial charge in [0.15, 0.2) is 0 Å². The normalized spacial score (nSPS) is 11.8. The van der Waals surface area contributed by atoms with Gasteiger partial charge in [-0.1, -0.05) is 55.0 Å². The molecule has 0 saturated carbocycles. The van der Waals surface area contributed by atoms with Crippen LogP contribution in [0.15, 0.2) is 48.5 Å². The van der Waals surface area contributed by atoms with Gasteiger partial charge in [0.1, 0.15) is 16.8 Å². The van der Waals surface area contributed by atoms with Gasteiger partial charge in [0.2, 0.25) is 11.0 Å². The Morgan fingerprint density at radius 3 is 2.47 bits per heavy atom. The van der Waals surface area contributed by atoms with Crippen molar-refractivity contribution in [3.8, 4) is 16.3 Å². The number of nitrogens with one attached hydrogen (secondary N) is 2. The minimum absolute atomic E-state index is 0.106. The van der Waals surface area contributed by atoms with Crippen LogP contribution < -0.4 is 15.4 Å². The van der Waals surface area contributed by atoms with Crippen molar-refractivity contribution in [3.05, 3.63) is 59.7 Å². The van der Waals surface area contributed by atoms with E-state index in [1.54, 1.807) is 19.2 Å². The molecule has 1 atom stereocenters. The number of anilines is 1. The number of hydrogen-bond donors (Lipinski definition) is 2. The smallest absolute Gasteiger partial charge is 0.251 e. The van der Waals surface area contributed by atoms with Crippen LogP contribution in [0.3, 0.4) is 0 Å². The van der Waals surface area contributed by atoms with Gasteiger partial charge in [-0.3, -0.25) is 14.9 Å². The highest BCUT2D eigenvalue weighted by atomic mass is 32.1. The summed E-state index contributed by atoms with van der Waals surface area (Å²) in [5, 5.41) is 14.8. The van der Waals surface area contributed by atoms with Gasteiger partial charge >= 0.3 is 0 Å². The lowest BCUT2D eigenvalue weighted by Gasteiger charge is -2.21. The van der Waals surface area contributed by atoms with E-state index >= 15 is 0 Å². The molecule has 0 aliphatic rings. The number of aryl methyl sites for hydroxylation is 1. The number of aromatic nitrogens is 2. The van der Waals surface area contributed by atoms with Crippen LogP contribution in [0.25, 0.3) is 10.6 Å². The van der Waals surface area contributed by atoms with Gasteiger partial charge in [-0.15, -0.1) is 10.2 Å². The fourth-order valence-electron chi connectivity index (χ4n) is 2.79. The maximum Gasteiger partial charge on any atom is 0.251 e. The van der Waals surface area contributed by atoms with Gasteiger partial charge in [0, 0.05) is 11.1 Å². The second-order valence-electron chi connectivity index (χ2n) is 7.19. The summed E-state index contributed by atoms with van der Waals surface area (Å²) in [6.07, 6.45) is 0. The van der Waals surface area contributed by atoms with Gasteiger partial charge in [-0.2, -0.15) is 0 Å². The maximum absolute atomic E-state index is 12.8. The first-order valence-corrected chi connectivity index (χ1v) is 10.4. The summed E-state index contributed by atoms with van der Waals surface area (Å²) in [4.78, 5) is 25.4. The van der Waals surface area contributed by atoms with Crippen molar-refractivity contribution in [2.24, 2.45) is 5.92 Å². The molecule has 3 rings (SSSR count). The molecule has 2 aromatic carbocycles. The van der Waals surface area contributed by atoms with Crippen LogP contribution in [0.2, 0.25) is 0 Å². The molecule has 1 aromatic heterocycles. The number of ether oxygens (including phenoxy) is 1. The summed E-state index contributed by atoms with van der Waals surface area (Å²) in [5.74, 6) is -0.0193. The maximum atomic E-state index is 12.8. The zero-order valence-corrected chi connectivity index (χ0v) is 18.1. The fraction of sp³-hybridized carbons (Fsp3) is 0.273. The molecule has 1 unspecified atom stereocenters. The van der Waals surface area contributed by atoms with Gasteiger partial charge in [0.05, 0.1) is 7.11 Å². The van der Waals surface area contributed by atoms with E-state index in [0.717, 1.165) is 11.1 Å². The molecule has 8 heteroatoms. The van der Waals surface area contributed by atoms with Crippen molar-refractivity contribution >= 4 is 28.3 Å². The average molecular weight is 425 g/mol. The predicted octanol–water partition coefficient (Wildman–Crippen LogP) is 3.92. The van der Waals surface area contributed by atoms with Crippen molar-refractivity contribution in [1.82, 2.24) is 15.5 Å². The summed E-state index contributed by atoms with van der Waals surface area (Å²) in [6.45, 7) is 5.71. The summed E-state index contributed by atoms with van der Waals surface area (Å²) in [5.41, 5.74) is 2.42. The number of rotatable bonds is 7. The number of carbonyl (C=O) groups is 2. The lowest BCUT2D eigenvalue weighted by molar-refractivity contribution is -0.118. The van der Waals surface area contributed by atoms with Gasteiger partial charge < -0.3 is 10.1 Å². The lowest BCUT2D eigenvalue weighted by Crippen LogP contribution is -2.47. The third-order valence-electron chi connectivity index (χ3n) is 4.52. The number of amides is 2. The van der Waals surface area contributed by atoms with Gasteiger partial charge in [0.25, 0.3) is 5.91 Å². The van der Waals surface area contributed by atoms with Crippen molar-refractivity contribution in [2.45, 2.75) is 26.8 Å². The number of carbonyl (C=O) groups excluding carboxylic acids is 2. The average Bonchev–Trinajstić information content (AvgIpc) is 3.20. The molecule has 0 aliphatic carbocycles. The molecule has 0 saturated heterocycles. The Labute approximate surface area is 179 Å². The Bertz CT molecular complexity index is 1030. The van der Waals surface area contributed by atoms with Crippen LogP contribution in [-0.2, 0) is 4.79 Å². The zero-order valence-electron chi connectivity index (χ0n) is 17.3. The van der Waals surface area contributed by atoms with Crippen LogP contribution in [0.1, 0.15) is 29.8 Å². The molecule has 30 heavy (non-hydrogen) atoms. The molecule has 3 aromatic rings. The van der Waals surface area contributed by atoms with Crippen LogP contribution in [-0.4, -0.2) is 35.2 Å². The molecular weight excluding hydrogens is 400 g/mol. The molecule has 0 radical (unpaired) electrons. The highest BCUT2D eigenvalue weighted by Crippen LogP contribution is 2.28. The summed E-state index contributed by atoms with van der Waals surface area (Å²) in [6, 6.07) is 14.0. The first kappa shape index (κ1) is 21.4. The van der Waals surface area contributed by atoms with E-state index in [1.807, 2.05) is 57.2 Å². The Hall–Kier alpha value is -3.26. The van der Waals surface area contributed by atoms with E-state index in [0.29, 0.717) is 21.5 Å². The molecule has 1 heterocycles.